The molecule has 2 aliphatic heterocycles. The van der Waals surface area contributed by atoms with E-state index in [-0.39, 0.29) is 18.2 Å². The summed E-state index contributed by atoms with van der Waals surface area (Å²) in [5.74, 6) is 0. The second kappa shape index (κ2) is 5.59. The van der Waals surface area contributed by atoms with Crippen molar-refractivity contribution in [1.82, 2.24) is 14.1 Å². The molecule has 1 aromatic rings. The van der Waals surface area contributed by atoms with Crippen LogP contribution < -0.4 is 0 Å². The number of methoxy groups -OCH3 is 1. The minimum atomic E-state index is -3.57. The second-order valence-electron chi connectivity index (χ2n) is 5.99. The molecule has 0 unspecified atom stereocenters. The maximum atomic E-state index is 13.2. The third kappa shape index (κ3) is 2.29. The van der Waals surface area contributed by atoms with Gasteiger partial charge in [0.2, 0.25) is 10.0 Å². The number of piperidine rings is 1. The van der Waals surface area contributed by atoms with E-state index in [1.54, 1.807) is 37.0 Å². The molecule has 3 heterocycles. The molecule has 0 N–H and O–H groups in total. The first-order valence-electron chi connectivity index (χ1n) is 7.54. The van der Waals surface area contributed by atoms with Gasteiger partial charge in [-0.05, 0) is 26.7 Å². The van der Waals surface area contributed by atoms with E-state index in [0.29, 0.717) is 42.3 Å². The molecule has 0 radical (unpaired) electrons. The quantitative estimate of drug-likeness (QED) is 0.812. The number of aryl methyl sites for hydroxylation is 2. The molecule has 8 heteroatoms. The standard InChI is InChI=1S/C14H23N3O4S/c1-9-14(10(2)16(3)15-9)22(18,19)17-7-5-12(20-4)13-11(17)6-8-21-13/h11-13H,5-8H2,1-4H3/t11-,12+,13-/m0/s1. The monoisotopic (exact) mass is 329 g/mol. The molecule has 3 atom stereocenters. The smallest absolute Gasteiger partial charge is 0.247 e. The third-order valence-corrected chi connectivity index (χ3v) is 6.96. The number of ether oxygens (including phenoxy) is 2. The van der Waals surface area contributed by atoms with Crippen LogP contribution in [0.3, 0.4) is 0 Å². The van der Waals surface area contributed by atoms with Crippen molar-refractivity contribution >= 4 is 10.0 Å². The number of hydrogen-bond acceptors (Lipinski definition) is 5. The Morgan fingerprint density at radius 1 is 1.32 bits per heavy atom. The van der Waals surface area contributed by atoms with Crippen LogP contribution in [0.25, 0.3) is 0 Å². The number of sulfonamides is 1. The highest BCUT2D eigenvalue weighted by Gasteiger charge is 2.48. The first kappa shape index (κ1) is 15.9. The van der Waals surface area contributed by atoms with Crippen molar-refractivity contribution in [2.45, 2.75) is 49.8 Å². The molecular weight excluding hydrogens is 306 g/mol. The SMILES string of the molecule is CO[C@@H]1CCN(S(=O)(=O)c2c(C)nn(C)c2C)[C@H]2CCO[C@H]12. The lowest BCUT2D eigenvalue weighted by Gasteiger charge is -2.39. The summed E-state index contributed by atoms with van der Waals surface area (Å²) in [7, 11) is -0.154. The van der Waals surface area contributed by atoms with E-state index in [2.05, 4.69) is 5.10 Å². The van der Waals surface area contributed by atoms with E-state index in [1.165, 1.54) is 0 Å². The van der Waals surface area contributed by atoms with Crippen LogP contribution in [-0.2, 0) is 26.5 Å². The average Bonchev–Trinajstić information content (AvgIpc) is 3.03. The summed E-state index contributed by atoms with van der Waals surface area (Å²) >= 11 is 0. The highest BCUT2D eigenvalue weighted by molar-refractivity contribution is 7.89. The van der Waals surface area contributed by atoms with Crippen LogP contribution in [0.2, 0.25) is 0 Å². The van der Waals surface area contributed by atoms with Gasteiger partial charge in [-0.2, -0.15) is 9.40 Å². The third-order valence-electron chi connectivity index (χ3n) is 4.79. The average molecular weight is 329 g/mol. The Kier molecular flexibility index (Phi) is 4.05. The minimum absolute atomic E-state index is 0.0324. The fraction of sp³-hybridized carbons (Fsp3) is 0.786. The first-order chi connectivity index (χ1) is 10.4. The molecule has 0 bridgehead atoms. The maximum Gasteiger partial charge on any atom is 0.247 e. The summed E-state index contributed by atoms with van der Waals surface area (Å²) < 4.78 is 40.7. The van der Waals surface area contributed by atoms with Crippen LogP contribution in [0.1, 0.15) is 24.2 Å². The second-order valence-corrected chi connectivity index (χ2v) is 7.82. The van der Waals surface area contributed by atoms with Gasteiger partial charge in [-0.15, -0.1) is 0 Å². The summed E-state index contributed by atoms with van der Waals surface area (Å²) in [6.07, 6.45) is 1.15. The van der Waals surface area contributed by atoms with E-state index in [9.17, 15) is 8.42 Å². The highest BCUT2D eigenvalue weighted by atomic mass is 32.2. The van der Waals surface area contributed by atoms with Gasteiger partial charge in [0.1, 0.15) is 11.0 Å². The van der Waals surface area contributed by atoms with Crippen LogP contribution in [0.4, 0.5) is 0 Å². The van der Waals surface area contributed by atoms with Gasteiger partial charge in [-0.25, -0.2) is 8.42 Å². The zero-order valence-electron chi connectivity index (χ0n) is 13.4. The zero-order valence-corrected chi connectivity index (χ0v) is 14.3. The van der Waals surface area contributed by atoms with Gasteiger partial charge in [0, 0.05) is 27.3 Å². The zero-order chi connectivity index (χ0) is 16.1. The summed E-state index contributed by atoms with van der Waals surface area (Å²) in [4.78, 5) is 0.330. The van der Waals surface area contributed by atoms with Crippen LogP contribution >= 0.6 is 0 Å². The highest BCUT2D eigenvalue weighted by Crippen LogP contribution is 2.35. The topological polar surface area (TPSA) is 73.7 Å². The fourth-order valence-corrected chi connectivity index (χ4v) is 5.72. The van der Waals surface area contributed by atoms with E-state index >= 15 is 0 Å². The molecule has 1 aromatic heterocycles. The van der Waals surface area contributed by atoms with E-state index in [0.717, 1.165) is 0 Å². The van der Waals surface area contributed by atoms with Crippen LogP contribution in [0.15, 0.2) is 4.90 Å². The molecule has 7 nitrogen and oxygen atoms in total. The Labute approximate surface area is 131 Å². The minimum Gasteiger partial charge on any atom is -0.379 e. The summed E-state index contributed by atoms with van der Waals surface area (Å²) in [6, 6.07) is -0.150. The molecule has 0 amide bonds. The number of hydrogen-bond donors (Lipinski definition) is 0. The Morgan fingerprint density at radius 2 is 2.05 bits per heavy atom. The summed E-state index contributed by atoms with van der Waals surface area (Å²) in [6.45, 7) is 4.56. The molecular formula is C14H23N3O4S. The van der Waals surface area contributed by atoms with Crippen LogP contribution in [0.5, 0.6) is 0 Å². The van der Waals surface area contributed by atoms with Gasteiger partial charge in [-0.1, -0.05) is 0 Å². The summed E-state index contributed by atoms with van der Waals surface area (Å²) in [5, 5.41) is 4.24. The Balaban J connectivity index is 1.99. The lowest BCUT2D eigenvalue weighted by Crippen LogP contribution is -2.55. The predicted molar refractivity (Wildman–Crippen MR) is 80.1 cm³/mol. The van der Waals surface area contributed by atoms with Gasteiger partial charge >= 0.3 is 0 Å². The normalized spacial score (nSPS) is 29.7. The predicted octanol–water partition coefficient (Wildman–Crippen LogP) is 0.604. The number of aromatic nitrogens is 2. The first-order valence-corrected chi connectivity index (χ1v) is 8.98. The van der Waals surface area contributed by atoms with Crippen molar-refractivity contribution in [3.8, 4) is 0 Å². The fourth-order valence-electron chi connectivity index (χ4n) is 3.64. The van der Waals surface area contributed by atoms with Crippen molar-refractivity contribution in [3.05, 3.63) is 11.4 Å². The maximum absolute atomic E-state index is 13.2. The Bertz CT molecular complexity index is 670. The van der Waals surface area contributed by atoms with Gasteiger partial charge in [0.05, 0.1) is 23.5 Å². The van der Waals surface area contributed by atoms with Gasteiger partial charge in [-0.3, -0.25) is 4.68 Å². The summed E-state index contributed by atoms with van der Waals surface area (Å²) in [5.41, 5.74) is 1.21. The van der Waals surface area contributed by atoms with Gasteiger partial charge in [0.25, 0.3) is 0 Å². The van der Waals surface area contributed by atoms with Crippen molar-refractivity contribution in [1.29, 1.82) is 0 Å². The number of fused-ring (bicyclic) bond motifs is 1. The lowest BCUT2D eigenvalue weighted by molar-refractivity contribution is -0.0668. The van der Waals surface area contributed by atoms with E-state index < -0.39 is 10.0 Å². The molecule has 0 aliphatic carbocycles. The lowest BCUT2D eigenvalue weighted by atomic mass is 9.98. The van der Waals surface area contributed by atoms with Crippen LogP contribution in [-0.4, -0.2) is 61.0 Å². The molecule has 124 valence electrons. The number of nitrogens with zero attached hydrogens (tertiary/aromatic N) is 3. The largest absolute Gasteiger partial charge is 0.379 e. The Morgan fingerprint density at radius 3 is 2.64 bits per heavy atom. The van der Waals surface area contributed by atoms with Crippen molar-refractivity contribution in [2.75, 3.05) is 20.3 Å². The number of rotatable bonds is 3. The van der Waals surface area contributed by atoms with E-state index in [4.69, 9.17) is 9.47 Å². The molecule has 0 spiro atoms. The molecule has 2 fully saturated rings. The van der Waals surface area contributed by atoms with Crippen LogP contribution in [0, 0.1) is 13.8 Å². The molecule has 0 aromatic carbocycles. The Hall–Kier alpha value is -0.960. The van der Waals surface area contributed by atoms with Crippen molar-refractivity contribution in [3.63, 3.8) is 0 Å². The van der Waals surface area contributed by atoms with Crippen molar-refractivity contribution in [2.24, 2.45) is 7.05 Å². The van der Waals surface area contributed by atoms with Crippen molar-refractivity contribution < 1.29 is 17.9 Å². The van der Waals surface area contributed by atoms with E-state index in [1.807, 2.05) is 0 Å². The van der Waals surface area contributed by atoms with Gasteiger partial charge in [0.15, 0.2) is 0 Å². The molecule has 2 aliphatic rings. The molecule has 0 saturated carbocycles. The van der Waals surface area contributed by atoms with Gasteiger partial charge < -0.3 is 9.47 Å². The molecule has 3 rings (SSSR count). The molecule has 2 saturated heterocycles. The molecule has 22 heavy (non-hydrogen) atoms.